The zero-order chi connectivity index (χ0) is 12.6. The molecule has 0 heterocycles. The highest BCUT2D eigenvalue weighted by Crippen LogP contribution is 2.43. The van der Waals surface area contributed by atoms with Gasteiger partial charge in [-0.3, -0.25) is 0 Å². The first-order chi connectivity index (χ1) is 7.17. The van der Waals surface area contributed by atoms with Gasteiger partial charge in [-0.25, -0.2) is 9.18 Å². The van der Waals surface area contributed by atoms with Crippen LogP contribution in [0.2, 0.25) is 0 Å². The lowest BCUT2D eigenvalue weighted by molar-refractivity contribution is -0.210. The number of carboxylic acid groups (broad SMARTS) is 1. The lowest BCUT2D eigenvalue weighted by Crippen LogP contribution is -2.49. The van der Waals surface area contributed by atoms with Crippen LogP contribution >= 0.6 is 0 Å². The Balaban J connectivity index is 2.80. The molecule has 0 aliphatic heterocycles. The second kappa shape index (κ2) is 4.20. The molecule has 3 atom stereocenters. The van der Waals surface area contributed by atoms with E-state index < -0.39 is 36.3 Å². The zero-order valence-electron chi connectivity index (χ0n) is 8.30. The number of hydrogen-bond donors (Lipinski definition) is 2. The minimum absolute atomic E-state index is 0.0334. The van der Waals surface area contributed by atoms with Gasteiger partial charge in [0.05, 0.1) is 5.92 Å². The number of aliphatic carboxylic acids is 1. The van der Waals surface area contributed by atoms with Crippen molar-refractivity contribution in [1.82, 2.24) is 0 Å². The summed E-state index contributed by atoms with van der Waals surface area (Å²) in [7, 11) is 0. The molecule has 0 aromatic rings. The molecule has 0 amide bonds. The maximum absolute atomic E-state index is 13.1. The number of hydrogen-bond acceptors (Lipinski definition) is 2. The topological polar surface area (TPSA) is 57.5 Å². The Kier molecular flexibility index (Phi) is 3.47. The Morgan fingerprint density at radius 3 is 2.44 bits per heavy atom. The SMILES string of the molecule is O=C(O)C(F)C1(O)CCCC(C(F)(F)F)C1. The lowest BCUT2D eigenvalue weighted by Gasteiger charge is -2.38. The Hall–Kier alpha value is -0.850. The predicted molar refractivity (Wildman–Crippen MR) is 45.5 cm³/mol. The van der Waals surface area contributed by atoms with Crippen molar-refractivity contribution in [3.8, 4) is 0 Å². The predicted octanol–water partition coefficient (Wildman–Crippen LogP) is 1.89. The second-order valence-corrected chi connectivity index (χ2v) is 4.14. The van der Waals surface area contributed by atoms with Gasteiger partial charge in [0.15, 0.2) is 0 Å². The summed E-state index contributed by atoms with van der Waals surface area (Å²) < 4.78 is 50.2. The van der Waals surface area contributed by atoms with Gasteiger partial charge in [0.25, 0.3) is 0 Å². The van der Waals surface area contributed by atoms with Gasteiger partial charge in [-0.05, 0) is 25.7 Å². The summed E-state index contributed by atoms with van der Waals surface area (Å²) in [6, 6.07) is 0. The largest absolute Gasteiger partial charge is 0.479 e. The Morgan fingerprint density at radius 2 is 2.00 bits per heavy atom. The van der Waals surface area contributed by atoms with Gasteiger partial charge in [0.2, 0.25) is 6.17 Å². The molecular formula is C9H12F4O3. The summed E-state index contributed by atoms with van der Waals surface area (Å²) in [6.07, 6.45) is -8.56. The molecule has 1 aliphatic rings. The number of carbonyl (C=O) groups is 1. The van der Waals surface area contributed by atoms with E-state index in [2.05, 4.69) is 0 Å². The molecule has 0 bridgehead atoms. The van der Waals surface area contributed by atoms with E-state index in [0.717, 1.165) is 0 Å². The minimum Gasteiger partial charge on any atom is -0.479 e. The molecule has 0 saturated heterocycles. The van der Waals surface area contributed by atoms with E-state index >= 15 is 0 Å². The molecule has 1 rings (SSSR count). The molecule has 0 spiro atoms. The van der Waals surface area contributed by atoms with Crippen molar-refractivity contribution in [3.63, 3.8) is 0 Å². The Morgan fingerprint density at radius 1 is 1.44 bits per heavy atom. The van der Waals surface area contributed by atoms with Crippen molar-refractivity contribution in [2.75, 3.05) is 0 Å². The first-order valence-electron chi connectivity index (χ1n) is 4.83. The maximum atomic E-state index is 13.1. The van der Waals surface area contributed by atoms with E-state index in [1.807, 2.05) is 0 Å². The molecular weight excluding hydrogens is 232 g/mol. The highest BCUT2D eigenvalue weighted by atomic mass is 19.4. The van der Waals surface area contributed by atoms with Gasteiger partial charge in [-0.2, -0.15) is 13.2 Å². The first kappa shape index (κ1) is 13.2. The van der Waals surface area contributed by atoms with Crippen molar-refractivity contribution in [2.45, 2.75) is 43.6 Å². The van der Waals surface area contributed by atoms with Crippen LogP contribution in [0.3, 0.4) is 0 Å². The van der Waals surface area contributed by atoms with Crippen molar-refractivity contribution in [2.24, 2.45) is 5.92 Å². The van der Waals surface area contributed by atoms with Crippen molar-refractivity contribution < 1.29 is 32.6 Å². The van der Waals surface area contributed by atoms with Crippen LogP contribution in [0, 0.1) is 5.92 Å². The molecule has 0 radical (unpaired) electrons. The monoisotopic (exact) mass is 244 g/mol. The van der Waals surface area contributed by atoms with E-state index in [4.69, 9.17) is 5.11 Å². The Bertz CT molecular complexity index is 278. The Labute approximate surface area is 89.1 Å². The van der Waals surface area contributed by atoms with Crippen LogP contribution in [0.15, 0.2) is 0 Å². The molecule has 0 aromatic carbocycles. The summed E-state index contributed by atoms with van der Waals surface area (Å²) >= 11 is 0. The lowest BCUT2D eigenvalue weighted by atomic mass is 9.75. The third kappa shape index (κ3) is 2.63. The molecule has 3 nitrogen and oxygen atoms in total. The standard InChI is InChI=1S/C9H12F4O3/c10-6(7(14)15)8(16)3-1-2-5(4-8)9(11,12)13/h5-6,16H,1-4H2,(H,14,15). The van der Waals surface area contributed by atoms with Gasteiger partial charge >= 0.3 is 12.1 Å². The summed E-state index contributed by atoms with van der Waals surface area (Å²) in [5.74, 6) is -3.76. The molecule has 1 aliphatic carbocycles. The van der Waals surface area contributed by atoms with E-state index in [-0.39, 0.29) is 19.3 Å². The molecule has 0 aromatic heterocycles. The van der Waals surface area contributed by atoms with Crippen LogP contribution in [-0.2, 0) is 4.79 Å². The van der Waals surface area contributed by atoms with Crippen LogP contribution in [0.1, 0.15) is 25.7 Å². The zero-order valence-corrected chi connectivity index (χ0v) is 8.30. The van der Waals surface area contributed by atoms with Gasteiger partial charge in [-0.15, -0.1) is 0 Å². The summed E-state index contributed by atoms with van der Waals surface area (Å²) in [4.78, 5) is 10.3. The number of rotatable bonds is 2. The number of alkyl halides is 4. The summed E-state index contributed by atoms with van der Waals surface area (Å²) in [5.41, 5.74) is -2.40. The number of carboxylic acids is 1. The maximum Gasteiger partial charge on any atom is 0.391 e. The summed E-state index contributed by atoms with van der Waals surface area (Å²) in [5, 5.41) is 18.0. The number of halogens is 4. The molecule has 94 valence electrons. The highest BCUT2D eigenvalue weighted by molar-refractivity contribution is 5.73. The average molecular weight is 244 g/mol. The van der Waals surface area contributed by atoms with E-state index in [1.54, 1.807) is 0 Å². The van der Waals surface area contributed by atoms with Gasteiger partial charge in [0.1, 0.15) is 5.60 Å². The van der Waals surface area contributed by atoms with Gasteiger partial charge in [-0.1, -0.05) is 0 Å². The number of aliphatic hydroxyl groups is 1. The minimum atomic E-state index is -4.52. The highest BCUT2D eigenvalue weighted by Gasteiger charge is 2.52. The smallest absolute Gasteiger partial charge is 0.391 e. The van der Waals surface area contributed by atoms with E-state index in [1.165, 1.54) is 0 Å². The van der Waals surface area contributed by atoms with Gasteiger partial charge in [0, 0.05) is 0 Å². The normalized spacial score (nSPS) is 33.4. The van der Waals surface area contributed by atoms with Crippen molar-refractivity contribution >= 4 is 5.97 Å². The molecule has 1 saturated carbocycles. The molecule has 7 heteroatoms. The average Bonchev–Trinajstić information content (AvgIpc) is 2.15. The fourth-order valence-corrected chi connectivity index (χ4v) is 2.02. The quantitative estimate of drug-likeness (QED) is 0.729. The molecule has 2 N–H and O–H groups in total. The van der Waals surface area contributed by atoms with Crippen molar-refractivity contribution in [1.29, 1.82) is 0 Å². The van der Waals surface area contributed by atoms with Crippen LogP contribution in [0.25, 0.3) is 0 Å². The second-order valence-electron chi connectivity index (χ2n) is 4.14. The third-order valence-electron chi connectivity index (χ3n) is 2.91. The van der Waals surface area contributed by atoms with Crippen LogP contribution in [0.4, 0.5) is 17.6 Å². The van der Waals surface area contributed by atoms with E-state index in [0.29, 0.717) is 0 Å². The molecule has 1 fully saturated rings. The van der Waals surface area contributed by atoms with E-state index in [9.17, 15) is 27.5 Å². The van der Waals surface area contributed by atoms with Crippen LogP contribution < -0.4 is 0 Å². The first-order valence-corrected chi connectivity index (χ1v) is 4.83. The molecule has 16 heavy (non-hydrogen) atoms. The van der Waals surface area contributed by atoms with Crippen LogP contribution in [0.5, 0.6) is 0 Å². The fourth-order valence-electron chi connectivity index (χ4n) is 2.02. The van der Waals surface area contributed by atoms with Crippen LogP contribution in [-0.4, -0.2) is 34.1 Å². The van der Waals surface area contributed by atoms with Crippen molar-refractivity contribution in [3.05, 3.63) is 0 Å². The molecule has 3 unspecified atom stereocenters. The fraction of sp³-hybridized carbons (Fsp3) is 0.889. The summed E-state index contributed by atoms with van der Waals surface area (Å²) in [6.45, 7) is 0. The third-order valence-corrected chi connectivity index (χ3v) is 2.91. The van der Waals surface area contributed by atoms with Gasteiger partial charge < -0.3 is 10.2 Å².